The van der Waals surface area contributed by atoms with E-state index in [0.29, 0.717) is 6.04 Å². The van der Waals surface area contributed by atoms with E-state index in [0.717, 1.165) is 30.4 Å². The predicted octanol–water partition coefficient (Wildman–Crippen LogP) is 2.32. The first-order chi connectivity index (χ1) is 8.21. The van der Waals surface area contributed by atoms with Gasteiger partial charge < -0.3 is 10.3 Å². The standard InChI is InChI=1S/C13H21N3O/c1-3-10(7-9-5-6-9)14-12-8-13(17)16-11(4-2)15-12/h8-10H,3-7H2,1-2H3,(H2,14,15,16,17). The van der Waals surface area contributed by atoms with Gasteiger partial charge >= 0.3 is 0 Å². The van der Waals surface area contributed by atoms with Crippen LogP contribution in [0.25, 0.3) is 0 Å². The summed E-state index contributed by atoms with van der Waals surface area (Å²) in [6, 6.07) is 2.00. The highest BCUT2D eigenvalue weighted by molar-refractivity contribution is 5.34. The lowest BCUT2D eigenvalue weighted by molar-refractivity contribution is 0.584. The van der Waals surface area contributed by atoms with E-state index in [-0.39, 0.29) is 5.56 Å². The molecule has 0 saturated heterocycles. The van der Waals surface area contributed by atoms with Gasteiger partial charge in [-0.05, 0) is 18.8 Å². The number of H-pyrrole nitrogens is 1. The number of hydrogen-bond acceptors (Lipinski definition) is 3. The van der Waals surface area contributed by atoms with Gasteiger partial charge in [-0.2, -0.15) is 0 Å². The van der Waals surface area contributed by atoms with Crippen molar-refractivity contribution in [2.24, 2.45) is 5.92 Å². The van der Waals surface area contributed by atoms with Crippen LogP contribution >= 0.6 is 0 Å². The van der Waals surface area contributed by atoms with Gasteiger partial charge in [-0.1, -0.05) is 26.7 Å². The van der Waals surface area contributed by atoms with Crippen molar-refractivity contribution >= 4 is 5.82 Å². The molecule has 1 saturated carbocycles. The number of anilines is 1. The van der Waals surface area contributed by atoms with Crippen molar-refractivity contribution in [2.75, 3.05) is 5.32 Å². The van der Waals surface area contributed by atoms with Crippen LogP contribution in [-0.4, -0.2) is 16.0 Å². The number of nitrogens with zero attached hydrogens (tertiary/aromatic N) is 1. The van der Waals surface area contributed by atoms with Crippen LogP contribution in [0, 0.1) is 5.92 Å². The summed E-state index contributed by atoms with van der Waals surface area (Å²) >= 11 is 0. The first-order valence-corrected chi connectivity index (χ1v) is 6.58. The van der Waals surface area contributed by atoms with E-state index in [4.69, 9.17) is 0 Å². The smallest absolute Gasteiger partial charge is 0.252 e. The van der Waals surface area contributed by atoms with E-state index >= 15 is 0 Å². The average molecular weight is 235 g/mol. The zero-order chi connectivity index (χ0) is 12.3. The fraction of sp³-hybridized carbons (Fsp3) is 0.692. The van der Waals surface area contributed by atoms with Crippen molar-refractivity contribution in [1.29, 1.82) is 0 Å². The molecule has 2 rings (SSSR count). The van der Waals surface area contributed by atoms with Crippen molar-refractivity contribution in [3.63, 3.8) is 0 Å². The third-order valence-electron chi connectivity index (χ3n) is 3.29. The normalized spacial score (nSPS) is 16.8. The molecule has 17 heavy (non-hydrogen) atoms. The van der Waals surface area contributed by atoms with E-state index < -0.39 is 0 Å². The zero-order valence-electron chi connectivity index (χ0n) is 10.6. The third kappa shape index (κ3) is 3.58. The van der Waals surface area contributed by atoms with Gasteiger partial charge in [-0.25, -0.2) is 4.98 Å². The molecule has 4 heteroatoms. The first kappa shape index (κ1) is 12.1. The summed E-state index contributed by atoms with van der Waals surface area (Å²) in [7, 11) is 0. The van der Waals surface area contributed by atoms with Crippen molar-refractivity contribution in [1.82, 2.24) is 9.97 Å². The van der Waals surface area contributed by atoms with Gasteiger partial charge in [0.1, 0.15) is 11.6 Å². The molecule has 1 aromatic rings. The molecule has 0 spiro atoms. The first-order valence-electron chi connectivity index (χ1n) is 6.58. The Morgan fingerprint density at radius 1 is 1.53 bits per heavy atom. The fourth-order valence-electron chi connectivity index (χ4n) is 2.04. The lowest BCUT2D eigenvalue weighted by Crippen LogP contribution is -2.22. The maximum Gasteiger partial charge on any atom is 0.252 e. The zero-order valence-corrected chi connectivity index (χ0v) is 10.6. The van der Waals surface area contributed by atoms with Gasteiger partial charge in [0.15, 0.2) is 0 Å². The Hall–Kier alpha value is -1.32. The number of hydrogen-bond donors (Lipinski definition) is 2. The van der Waals surface area contributed by atoms with Gasteiger partial charge in [0, 0.05) is 18.5 Å². The number of aryl methyl sites for hydroxylation is 1. The molecule has 2 N–H and O–H groups in total. The largest absolute Gasteiger partial charge is 0.367 e. The number of rotatable bonds is 6. The van der Waals surface area contributed by atoms with E-state index in [1.807, 2.05) is 6.92 Å². The summed E-state index contributed by atoms with van der Waals surface area (Å²) in [5.41, 5.74) is -0.0689. The minimum absolute atomic E-state index is 0.0689. The monoisotopic (exact) mass is 235 g/mol. The summed E-state index contributed by atoms with van der Waals surface area (Å²) in [5, 5.41) is 3.38. The summed E-state index contributed by atoms with van der Waals surface area (Å²) in [5.74, 6) is 2.36. The molecule has 1 aliphatic rings. The molecule has 4 nitrogen and oxygen atoms in total. The highest BCUT2D eigenvalue weighted by Crippen LogP contribution is 2.34. The number of aromatic amines is 1. The summed E-state index contributed by atoms with van der Waals surface area (Å²) in [4.78, 5) is 18.6. The van der Waals surface area contributed by atoms with Gasteiger partial charge in [-0.15, -0.1) is 0 Å². The van der Waals surface area contributed by atoms with Crippen LogP contribution < -0.4 is 10.9 Å². The molecule has 0 aromatic carbocycles. The van der Waals surface area contributed by atoms with Crippen LogP contribution in [0.4, 0.5) is 5.82 Å². The van der Waals surface area contributed by atoms with E-state index in [2.05, 4.69) is 22.2 Å². The molecule has 0 aliphatic heterocycles. The Labute approximate surface area is 102 Å². The second kappa shape index (κ2) is 5.34. The highest BCUT2D eigenvalue weighted by atomic mass is 16.1. The van der Waals surface area contributed by atoms with Gasteiger partial charge in [0.25, 0.3) is 5.56 Å². The van der Waals surface area contributed by atoms with E-state index in [9.17, 15) is 4.79 Å². The fourth-order valence-corrected chi connectivity index (χ4v) is 2.04. The Morgan fingerprint density at radius 3 is 2.88 bits per heavy atom. The Bertz CT molecular complexity index is 423. The van der Waals surface area contributed by atoms with Crippen molar-refractivity contribution < 1.29 is 0 Å². The molecule has 0 radical (unpaired) electrons. The maximum atomic E-state index is 11.4. The summed E-state index contributed by atoms with van der Waals surface area (Å²) < 4.78 is 0. The molecule has 1 heterocycles. The van der Waals surface area contributed by atoms with Gasteiger partial charge in [0.2, 0.25) is 0 Å². The van der Waals surface area contributed by atoms with Crippen LogP contribution in [0.2, 0.25) is 0 Å². The predicted molar refractivity (Wildman–Crippen MR) is 69.3 cm³/mol. The lowest BCUT2D eigenvalue weighted by atomic mass is 10.1. The minimum Gasteiger partial charge on any atom is -0.367 e. The minimum atomic E-state index is -0.0689. The molecule has 1 unspecified atom stereocenters. The quantitative estimate of drug-likeness (QED) is 0.795. The number of aromatic nitrogens is 2. The molecular weight excluding hydrogens is 214 g/mol. The van der Waals surface area contributed by atoms with Crippen molar-refractivity contribution in [2.45, 2.75) is 52.0 Å². The molecular formula is C13H21N3O. The van der Waals surface area contributed by atoms with Crippen LogP contribution in [0.1, 0.15) is 45.4 Å². The lowest BCUT2D eigenvalue weighted by Gasteiger charge is -2.17. The SMILES string of the molecule is CCc1nc(NC(CC)CC2CC2)cc(=O)[nH]1. The maximum absolute atomic E-state index is 11.4. The van der Waals surface area contributed by atoms with Crippen LogP contribution in [0.3, 0.4) is 0 Å². The van der Waals surface area contributed by atoms with Gasteiger partial charge in [0.05, 0.1) is 0 Å². The van der Waals surface area contributed by atoms with Crippen LogP contribution in [-0.2, 0) is 6.42 Å². The average Bonchev–Trinajstić information content (AvgIpc) is 3.11. The van der Waals surface area contributed by atoms with Crippen LogP contribution in [0.15, 0.2) is 10.9 Å². The molecule has 0 bridgehead atoms. The third-order valence-corrected chi connectivity index (χ3v) is 3.29. The van der Waals surface area contributed by atoms with Crippen LogP contribution in [0.5, 0.6) is 0 Å². The second-order valence-electron chi connectivity index (χ2n) is 4.86. The van der Waals surface area contributed by atoms with Crippen molar-refractivity contribution in [3.05, 3.63) is 22.2 Å². The number of nitrogens with one attached hydrogen (secondary N) is 2. The van der Waals surface area contributed by atoms with Crippen molar-refractivity contribution in [3.8, 4) is 0 Å². The molecule has 1 atom stereocenters. The topological polar surface area (TPSA) is 57.8 Å². The van der Waals surface area contributed by atoms with E-state index in [1.54, 1.807) is 6.07 Å². The highest BCUT2D eigenvalue weighted by Gasteiger charge is 2.24. The Morgan fingerprint density at radius 2 is 2.29 bits per heavy atom. The molecule has 1 aromatic heterocycles. The Kier molecular flexibility index (Phi) is 3.82. The second-order valence-corrected chi connectivity index (χ2v) is 4.86. The summed E-state index contributed by atoms with van der Waals surface area (Å²) in [6.45, 7) is 4.16. The molecule has 0 amide bonds. The van der Waals surface area contributed by atoms with E-state index in [1.165, 1.54) is 19.3 Å². The van der Waals surface area contributed by atoms with Gasteiger partial charge in [-0.3, -0.25) is 4.79 Å². The summed E-state index contributed by atoms with van der Waals surface area (Å²) in [6.07, 6.45) is 5.76. The Balaban J connectivity index is 2.04. The molecule has 1 fully saturated rings. The molecule has 94 valence electrons. The molecule has 1 aliphatic carbocycles.